The molecule has 0 atom stereocenters. The van der Waals surface area contributed by atoms with Gasteiger partial charge in [-0.15, -0.1) is 0 Å². The molecule has 24 heavy (non-hydrogen) atoms. The molecule has 150 valence electrons. The van der Waals surface area contributed by atoms with Crippen molar-refractivity contribution in [2.75, 3.05) is 6.61 Å². The van der Waals surface area contributed by atoms with Crippen LogP contribution < -0.4 is 0 Å². The fraction of sp³-hybridized carbons (Fsp3) is 1.00. The second-order valence-corrected chi connectivity index (χ2v) is 7.17. The summed E-state index contributed by atoms with van der Waals surface area (Å²) in [5, 5.41) is 0. The molecule has 0 bridgehead atoms. The van der Waals surface area contributed by atoms with Gasteiger partial charge in [0, 0.05) is 0 Å². The Morgan fingerprint density at radius 3 is 1.00 bits per heavy atom. The van der Waals surface area contributed by atoms with E-state index in [1.54, 1.807) is 0 Å². The van der Waals surface area contributed by atoms with Gasteiger partial charge in [-0.25, -0.2) is 4.18 Å². The lowest BCUT2D eigenvalue weighted by molar-refractivity contribution is 0.283. The summed E-state index contributed by atoms with van der Waals surface area (Å²) in [6.07, 6.45) is 20.4. The third-order valence-corrected chi connectivity index (χ3v) is 4.26. The van der Waals surface area contributed by atoms with Crippen LogP contribution in [0.15, 0.2) is 0 Å². The van der Waals surface area contributed by atoms with Crippen molar-refractivity contribution in [3.05, 3.63) is 0 Å². The van der Waals surface area contributed by atoms with Gasteiger partial charge in [-0.1, -0.05) is 104 Å². The second-order valence-electron chi connectivity index (χ2n) is 6.08. The minimum absolute atomic E-state index is 0. The van der Waals surface area contributed by atoms with Crippen LogP contribution in [0.2, 0.25) is 0 Å². The first kappa shape index (κ1) is 28.6. The Labute approximate surface area is 150 Å². The molecule has 0 amide bonds. The van der Waals surface area contributed by atoms with Crippen LogP contribution in [0, 0.1) is 0 Å². The molecule has 0 aliphatic carbocycles. The van der Waals surface area contributed by atoms with Crippen molar-refractivity contribution in [1.82, 2.24) is 0 Å². The summed E-state index contributed by atoms with van der Waals surface area (Å²) in [7, 11) is -4.17. The standard InChI is InChI=1S/C16H34.C2H6O4S.H2O/c1-3-5-7-9-11-13-15-16-14-12-10-8-6-4-2;1-2-6-7(3,4)5;/h3-16H2,1-2H3;2H2,1H3,(H,3,4,5);1H2. The molecule has 3 N–H and O–H groups in total. The predicted octanol–water partition coefficient (Wildman–Crippen LogP) is 5.49. The van der Waals surface area contributed by atoms with E-state index in [-0.39, 0.29) is 12.1 Å². The zero-order chi connectivity index (χ0) is 17.8. The van der Waals surface area contributed by atoms with E-state index in [0.29, 0.717) is 0 Å². The van der Waals surface area contributed by atoms with Gasteiger partial charge in [0.25, 0.3) is 0 Å². The van der Waals surface area contributed by atoms with Crippen molar-refractivity contribution in [3.8, 4) is 0 Å². The van der Waals surface area contributed by atoms with Crippen molar-refractivity contribution >= 4 is 10.4 Å². The zero-order valence-electron chi connectivity index (χ0n) is 16.2. The fourth-order valence-electron chi connectivity index (χ4n) is 2.42. The Bertz CT molecular complexity index is 291. The molecule has 0 rings (SSSR count). The Balaban J connectivity index is -0.000000468. The van der Waals surface area contributed by atoms with Gasteiger partial charge in [-0.3, -0.25) is 4.55 Å². The maximum absolute atomic E-state index is 9.56. The molecule has 0 aliphatic heterocycles. The van der Waals surface area contributed by atoms with Crippen LogP contribution in [0.4, 0.5) is 0 Å². The highest BCUT2D eigenvalue weighted by Gasteiger charge is 1.98. The van der Waals surface area contributed by atoms with Crippen LogP contribution in [0.25, 0.3) is 0 Å². The monoisotopic (exact) mass is 370 g/mol. The Kier molecular flexibility index (Phi) is 27.2. The summed E-state index contributed by atoms with van der Waals surface area (Å²) < 4.78 is 30.7. The summed E-state index contributed by atoms with van der Waals surface area (Å²) >= 11 is 0. The van der Waals surface area contributed by atoms with E-state index in [2.05, 4.69) is 18.0 Å². The molecule has 0 aromatic heterocycles. The third kappa shape index (κ3) is 33.4. The van der Waals surface area contributed by atoms with Crippen molar-refractivity contribution in [2.24, 2.45) is 0 Å². The average molecular weight is 371 g/mol. The van der Waals surface area contributed by atoms with E-state index in [4.69, 9.17) is 4.55 Å². The Morgan fingerprint density at radius 2 is 0.875 bits per heavy atom. The van der Waals surface area contributed by atoms with Gasteiger partial charge in [0.1, 0.15) is 0 Å². The minimum Gasteiger partial charge on any atom is -0.412 e. The molecule has 6 heteroatoms. The van der Waals surface area contributed by atoms with Crippen LogP contribution >= 0.6 is 0 Å². The van der Waals surface area contributed by atoms with Crippen molar-refractivity contribution in [1.29, 1.82) is 0 Å². The molecule has 0 saturated carbocycles. The lowest BCUT2D eigenvalue weighted by Gasteiger charge is -2.02. The topological polar surface area (TPSA) is 95.1 Å². The van der Waals surface area contributed by atoms with Gasteiger partial charge in [0.2, 0.25) is 0 Å². The quantitative estimate of drug-likeness (QED) is 0.304. The normalized spacial score (nSPS) is 10.7. The maximum Gasteiger partial charge on any atom is 0.397 e. The molecular formula is C18H42O5S. The molecule has 0 saturated heterocycles. The van der Waals surface area contributed by atoms with Crippen molar-refractivity contribution < 1.29 is 22.6 Å². The molecular weight excluding hydrogens is 328 g/mol. The van der Waals surface area contributed by atoms with Crippen LogP contribution in [0.1, 0.15) is 111 Å². The molecule has 0 aromatic rings. The van der Waals surface area contributed by atoms with E-state index >= 15 is 0 Å². The molecule has 0 aromatic carbocycles. The second kappa shape index (κ2) is 22.8. The highest BCUT2D eigenvalue weighted by Crippen LogP contribution is 2.12. The van der Waals surface area contributed by atoms with E-state index < -0.39 is 10.4 Å². The van der Waals surface area contributed by atoms with Gasteiger partial charge >= 0.3 is 10.4 Å². The molecule has 0 unspecified atom stereocenters. The first-order valence-corrected chi connectivity index (χ1v) is 11.0. The van der Waals surface area contributed by atoms with Gasteiger partial charge in [-0.2, -0.15) is 8.42 Å². The first-order chi connectivity index (χ1) is 11.0. The summed E-state index contributed by atoms with van der Waals surface area (Å²) in [6, 6.07) is 0. The first-order valence-electron chi connectivity index (χ1n) is 9.59. The van der Waals surface area contributed by atoms with Crippen LogP contribution in [0.3, 0.4) is 0 Å². The lowest BCUT2D eigenvalue weighted by Crippen LogP contribution is -2.01. The summed E-state index contributed by atoms with van der Waals surface area (Å²) in [5.41, 5.74) is 0. The van der Waals surface area contributed by atoms with E-state index in [9.17, 15) is 8.42 Å². The lowest BCUT2D eigenvalue weighted by atomic mass is 10.0. The zero-order valence-corrected chi connectivity index (χ0v) is 17.0. The van der Waals surface area contributed by atoms with E-state index in [0.717, 1.165) is 0 Å². The van der Waals surface area contributed by atoms with Crippen LogP contribution in [-0.4, -0.2) is 25.1 Å². The van der Waals surface area contributed by atoms with E-state index in [1.165, 1.54) is 96.8 Å². The summed E-state index contributed by atoms with van der Waals surface area (Å²) in [4.78, 5) is 0. The third-order valence-electron chi connectivity index (χ3n) is 3.72. The van der Waals surface area contributed by atoms with Crippen molar-refractivity contribution in [3.63, 3.8) is 0 Å². The van der Waals surface area contributed by atoms with Crippen LogP contribution in [-0.2, 0) is 14.6 Å². The van der Waals surface area contributed by atoms with Gasteiger partial charge < -0.3 is 5.48 Å². The molecule has 0 heterocycles. The highest BCUT2D eigenvalue weighted by molar-refractivity contribution is 7.80. The fourth-order valence-corrected chi connectivity index (χ4v) is 2.71. The molecule has 0 fully saturated rings. The average Bonchev–Trinajstić information content (AvgIpc) is 2.48. The Hall–Kier alpha value is -0.170. The maximum atomic E-state index is 9.56. The van der Waals surface area contributed by atoms with Gasteiger partial charge in [0.15, 0.2) is 0 Å². The number of unbranched alkanes of at least 4 members (excludes halogenated alkanes) is 13. The molecule has 0 spiro atoms. The summed E-state index contributed by atoms with van der Waals surface area (Å²) in [5.74, 6) is 0. The highest BCUT2D eigenvalue weighted by atomic mass is 32.3. The number of rotatable bonds is 15. The number of hydrogen-bond acceptors (Lipinski definition) is 3. The summed E-state index contributed by atoms with van der Waals surface area (Å²) in [6.45, 7) is 6.02. The smallest absolute Gasteiger partial charge is 0.397 e. The molecule has 5 nitrogen and oxygen atoms in total. The number of hydrogen-bond donors (Lipinski definition) is 1. The van der Waals surface area contributed by atoms with Gasteiger partial charge in [0.05, 0.1) is 6.61 Å². The van der Waals surface area contributed by atoms with Gasteiger partial charge in [-0.05, 0) is 6.92 Å². The minimum atomic E-state index is -4.17. The Morgan fingerprint density at radius 1 is 0.625 bits per heavy atom. The largest absolute Gasteiger partial charge is 0.412 e. The molecule has 0 radical (unpaired) electrons. The SMILES string of the molecule is CCCCCCCCCCCCCCCC.CCOS(=O)(=O)O.O. The van der Waals surface area contributed by atoms with Crippen LogP contribution in [0.5, 0.6) is 0 Å². The van der Waals surface area contributed by atoms with E-state index in [1.807, 2.05) is 0 Å². The molecule has 0 aliphatic rings. The predicted molar refractivity (Wildman–Crippen MR) is 103 cm³/mol. The van der Waals surface area contributed by atoms with Crippen molar-refractivity contribution in [2.45, 2.75) is 111 Å².